The number of rotatable bonds is 5. The minimum absolute atomic E-state index is 0.929. The maximum atomic E-state index is 4.22. The van der Waals surface area contributed by atoms with Gasteiger partial charge in [-0.25, -0.2) is 4.68 Å². The Bertz CT molecular complexity index is 485. The van der Waals surface area contributed by atoms with E-state index in [1.54, 1.807) is 0 Å². The average molecular weight is 233 g/mol. The Morgan fingerprint density at radius 1 is 1.18 bits per heavy atom. The lowest BCUT2D eigenvalue weighted by molar-refractivity contribution is -0.906. The molecule has 0 aliphatic carbocycles. The first-order valence-corrected chi connectivity index (χ1v) is 6.30. The highest BCUT2D eigenvalue weighted by molar-refractivity contribution is 5.73. The van der Waals surface area contributed by atoms with Crippen LogP contribution in [0.15, 0.2) is 24.3 Å². The molecule has 0 aliphatic heterocycles. The molecule has 17 heavy (non-hydrogen) atoms. The first kappa shape index (κ1) is 12.0. The van der Waals surface area contributed by atoms with Crippen LogP contribution in [0, 0.1) is 0 Å². The summed E-state index contributed by atoms with van der Waals surface area (Å²) in [5.41, 5.74) is 2.11. The first-order chi connectivity index (χ1) is 8.18. The molecule has 4 heteroatoms. The third-order valence-corrected chi connectivity index (χ3v) is 3.80. The normalized spacial score (nSPS) is 12.2. The fourth-order valence-electron chi connectivity index (χ4n) is 1.96. The molecule has 2 aromatic rings. The van der Waals surface area contributed by atoms with Crippen molar-refractivity contribution < 1.29 is 4.48 Å². The molecule has 0 radical (unpaired) electrons. The number of aromatic nitrogens is 3. The van der Waals surface area contributed by atoms with Crippen LogP contribution in [-0.2, 0) is 6.54 Å². The van der Waals surface area contributed by atoms with E-state index in [1.165, 1.54) is 0 Å². The Balaban J connectivity index is 2.14. The molecule has 0 amide bonds. The number of para-hydroxylation sites is 1. The zero-order valence-corrected chi connectivity index (χ0v) is 10.9. The quantitative estimate of drug-likeness (QED) is 0.739. The fourth-order valence-corrected chi connectivity index (χ4v) is 1.96. The molecule has 0 spiro atoms. The Morgan fingerprint density at radius 2 is 1.88 bits per heavy atom. The molecule has 0 fully saturated rings. The number of hydrogen-bond donors (Lipinski definition) is 0. The summed E-state index contributed by atoms with van der Waals surface area (Å²) in [6.45, 7) is 8.82. The molecule has 92 valence electrons. The smallest absolute Gasteiger partial charge is 0.113 e. The topological polar surface area (TPSA) is 30.7 Å². The highest BCUT2D eigenvalue weighted by Crippen LogP contribution is 2.10. The van der Waals surface area contributed by atoms with Crippen LogP contribution in [0.4, 0.5) is 0 Å². The number of likely N-dealkylation sites (N-methyl/N-ethyl adjacent to an activating group) is 1. The van der Waals surface area contributed by atoms with Gasteiger partial charge in [-0.15, -0.1) is 5.10 Å². The van der Waals surface area contributed by atoms with Crippen LogP contribution in [0.1, 0.15) is 13.8 Å². The molecule has 1 aromatic heterocycles. The summed E-state index contributed by atoms with van der Waals surface area (Å²) in [5, 5.41) is 8.40. The van der Waals surface area contributed by atoms with Crippen LogP contribution >= 0.6 is 0 Å². The van der Waals surface area contributed by atoms with Crippen molar-refractivity contribution in [3.05, 3.63) is 24.3 Å². The molecule has 0 bridgehead atoms. The molecule has 2 rings (SSSR count). The standard InChI is InChI=1S/C13H21N4/c1-4-17(3,5-2)11-10-16-13-9-7-6-8-12(13)14-15-16/h6-9H,4-5,10-11H2,1-3H3/q+1. The molecule has 0 saturated heterocycles. The lowest BCUT2D eigenvalue weighted by Crippen LogP contribution is -2.45. The summed E-state index contributed by atoms with van der Waals surface area (Å²) in [6.07, 6.45) is 0. The van der Waals surface area contributed by atoms with E-state index in [0.717, 1.165) is 41.7 Å². The predicted octanol–water partition coefficient (Wildman–Crippen LogP) is 1.92. The second kappa shape index (κ2) is 4.84. The maximum absolute atomic E-state index is 4.22. The van der Waals surface area contributed by atoms with Crippen molar-refractivity contribution in [2.75, 3.05) is 26.7 Å². The molecular weight excluding hydrogens is 212 g/mol. The highest BCUT2D eigenvalue weighted by atomic mass is 15.4. The van der Waals surface area contributed by atoms with E-state index in [4.69, 9.17) is 0 Å². The van der Waals surface area contributed by atoms with Gasteiger partial charge in [-0.2, -0.15) is 0 Å². The van der Waals surface area contributed by atoms with Crippen LogP contribution in [0.2, 0.25) is 0 Å². The van der Waals surface area contributed by atoms with E-state index >= 15 is 0 Å². The Kier molecular flexibility index (Phi) is 3.43. The maximum Gasteiger partial charge on any atom is 0.113 e. The summed E-state index contributed by atoms with van der Waals surface area (Å²) < 4.78 is 3.09. The van der Waals surface area contributed by atoms with Crippen molar-refractivity contribution in [3.63, 3.8) is 0 Å². The number of quaternary nitrogens is 1. The number of fused-ring (bicyclic) bond motifs is 1. The fraction of sp³-hybridized carbons (Fsp3) is 0.538. The van der Waals surface area contributed by atoms with E-state index in [-0.39, 0.29) is 0 Å². The molecule has 0 unspecified atom stereocenters. The van der Waals surface area contributed by atoms with Crippen LogP contribution in [0.5, 0.6) is 0 Å². The van der Waals surface area contributed by atoms with Crippen molar-refractivity contribution in [2.45, 2.75) is 20.4 Å². The van der Waals surface area contributed by atoms with Gasteiger partial charge >= 0.3 is 0 Å². The third-order valence-electron chi connectivity index (χ3n) is 3.80. The molecule has 1 heterocycles. The third kappa shape index (κ3) is 2.47. The van der Waals surface area contributed by atoms with Crippen molar-refractivity contribution >= 4 is 11.0 Å². The van der Waals surface area contributed by atoms with E-state index < -0.39 is 0 Å². The summed E-state index contributed by atoms with van der Waals surface area (Å²) in [6, 6.07) is 8.12. The van der Waals surface area contributed by atoms with E-state index in [9.17, 15) is 0 Å². The molecule has 1 aromatic carbocycles. The molecule has 0 atom stereocenters. The summed E-state index contributed by atoms with van der Waals surface area (Å²) in [4.78, 5) is 0. The minimum Gasteiger partial charge on any atom is -0.325 e. The van der Waals surface area contributed by atoms with Crippen molar-refractivity contribution in [1.29, 1.82) is 0 Å². The van der Waals surface area contributed by atoms with E-state index in [1.807, 2.05) is 22.9 Å². The lowest BCUT2D eigenvalue weighted by Gasteiger charge is -2.31. The van der Waals surface area contributed by atoms with Gasteiger partial charge in [0, 0.05) is 0 Å². The second-order valence-corrected chi connectivity index (χ2v) is 4.78. The average Bonchev–Trinajstić information content (AvgIpc) is 2.79. The Morgan fingerprint density at radius 3 is 2.59 bits per heavy atom. The van der Waals surface area contributed by atoms with Gasteiger partial charge in [-0.05, 0) is 26.0 Å². The Labute approximate surface area is 102 Å². The van der Waals surface area contributed by atoms with Crippen LogP contribution in [0.3, 0.4) is 0 Å². The number of hydrogen-bond acceptors (Lipinski definition) is 2. The van der Waals surface area contributed by atoms with Gasteiger partial charge in [0.2, 0.25) is 0 Å². The molecule has 0 N–H and O–H groups in total. The molecule has 4 nitrogen and oxygen atoms in total. The van der Waals surface area contributed by atoms with Crippen LogP contribution in [-0.4, -0.2) is 46.2 Å². The number of nitrogens with zero attached hydrogens (tertiary/aromatic N) is 4. The zero-order valence-electron chi connectivity index (χ0n) is 10.9. The Hall–Kier alpha value is -1.42. The SMILES string of the molecule is CC[N+](C)(CC)CCn1nnc2ccccc21. The molecular formula is C13H21N4+. The molecule has 0 saturated carbocycles. The monoisotopic (exact) mass is 233 g/mol. The zero-order chi connectivity index (χ0) is 12.3. The predicted molar refractivity (Wildman–Crippen MR) is 69.7 cm³/mol. The summed E-state index contributed by atoms with van der Waals surface area (Å²) >= 11 is 0. The van der Waals surface area contributed by atoms with Gasteiger partial charge in [-0.3, -0.25) is 0 Å². The van der Waals surface area contributed by atoms with Gasteiger partial charge in [0.25, 0.3) is 0 Å². The van der Waals surface area contributed by atoms with Gasteiger partial charge in [-0.1, -0.05) is 17.3 Å². The summed E-state index contributed by atoms with van der Waals surface area (Å²) in [5.74, 6) is 0. The summed E-state index contributed by atoms with van der Waals surface area (Å²) in [7, 11) is 2.29. The van der Waals surface area contributed by atoms with E-state index in [2.05, 4.69) is 37.3 Å². The highest BCUT2D eigenvalue weighted by Gasteiger charge is 2.16. The van der Waals surface area contributed by atoms with Gasteiger partial charge in [0.1, 0.15) is 5.52 Å². The first-order valence-electron chi connectivity index (χ1n) is 6.30. The number of benzene rings is 1. The van der Waals surface area contributed by atoms with Crippen molar-refractivity contribution in [3.8, 4) is 0 Å². The van der Waals surface area contributed by atoms with E-state index in [0.29, 0.717) is 0 Å². The second-order valence-electron chi connectivity index (χ2n) is 4.78. The van der Waals surface area contributed by atoms with Crippen LogP contribution in [0.25, 0.3) is 11.0 Å². The largest absolute Gasteiger partial charge is 0.325 e. The van der Waals surface area contributed by atoms with Gasteiger partial charge in [0.05, 0.1) is 38.7 Å². The van der Waals surface area contributed by atoms with Gasteiger partial charge < -0.3 is 4.48 Å². The molecule has 0 aliphatic rings. The van der Waals surface area contributed by atoms with Crippen molar-refractivity contribution in [2.24, 2.45) is 0 Å². The minimum atomic E-state index is 0.929. The lowest BCUT2D eigenvalue weighted by atomic mass is 10.3. The van der Waals surface area contributed by atoms with Gasteiger partial charge in [0.15, 0.2) is 0 Å². The van der Waals surface area contributed by atoms with Crippen molar-refractivity contribution in [1.82, 2.24) is 15.0 Å². The van der Waals surface area contributed by atoms with Crippen LogP contribution < -0.4 is 0 Å².